The number of carbonyl (C=O) groups excluding carboxylic acids is 1. The van der Waals surface area contributed by atoms with Crippen molar-refractivity contribution < 1.29 is 49.6 Å². The molecule has 1 aliphatic heterocycles. The fraction of sp³-hybridized carbons (Fsp3) is 0.444. The van der Waals surface area contributed by atoms with Gasteiger partial charge in [0.15, 0.2) is 17.2 Å². The number of hydrogen-bond donors (Lipinski definition) is 6. The third-order valence-corrected chi connectivity index (χ3v) is 4.22. The second kappa shape index (κ2) is 9.44. The van der Waals surface area contributed by atoms with Crippen molar-refractivity contribution in [3.05, 3.63) is 29.5 Å². The number of aliphatic hydroxyl groups excluding tert-OH is 3. The van der Waals surface area contributed by atoms with Crippen LogP contribution in [0.1, 0.15) is 23.7 Å². The first-order valence-corrected chi connectivity index (χ1v) is 8.55. The number of hydrogen-bond acceptors (Lipinski definition) is 11. The van der Waals surface area contributed by atoms with Crippen molar-refractivity contribution in [3.8, 4) is 23.3 Å². The number of phenols is 3. The number of allylic oxidation sites excluding steroid dienone is 1. The Morgan fingerprint density at radius 3 is 2.34 bits per heavy atom. The normalized spacial score (nSPS) is 27.1. The first kappa shape index (κ1) is 22.3. The van der Waals surface area contributed by atoms with E-state index in [0.29, 0.717) is 6.42 Å². The number of rotatable bonds is 6. The summed E-state index contributed by atoms with van der Waals surface area (Å²) in [6.45, 7) is 1.13. The number of phenolic OH excluding ortho intramolecular Hbond substituents is 3. The minimum Gasteiger partial charge on any atom is -0.504 e. The molecule has 1 aliphatic rings. The zero-order valence-corrected chi connectivity index (χ0v) is 15.3. The quantitative estimate of drug-likeness (QED) is 0.155. The van der Waals surface area contributed by atoms with Crippen LogP contribution >= 0.6 is 0 Å². The van der Waals surface area contributed by atoms with Gasteiger partial charge in [0.25, 0.3) is 0 Å². The average molecular weight is 411 g/mol. The topological polar surface area (TPSA) is 190 Å². The van der Waals surface area contributed by atoms with Crippen molar-refractivity contribution in [2.45, 2.75) is 44.1 Å². The summed E-state index contributed by atoms with van der Waals surface area (Å²) in [5, 5.41) is 67.0. The maximum atomic E-state index is 12.1. The second-order valence-electron chi connectivity index (χ2n) is 6.22. The lowest BCUT2D eigenvalue weighted by molar-refractivity contribution is -0.287. The van der Waals surface area contributed by atoms with Crippen LogP contribution in [0.2, 0.25) is 0 Å². The fourth-order valence-corrected chi connectivity index (χ4v) is 2.47. The molecule has 6 N–H and O–H groups in total. The number of benzene rings is 1. The summed E-state index contributed by atoms with van der Waals surface area (Å²) in [6.07, 6.45) is -6.24. The lowest BCUT2D eigenvalue weighted by Gasteiger charge is -2.39. The molecule has 1 saturated heterocycles. The van der Waals surface area contributed by atoms with Crippen LogP contribution in [0.15, 0.2) is 24.0 Å². The van der Waals surface area contributed by atoms with Crippen molar-refractivity contribution in [2.75, 3.05) is 6.61 Å². The molecule has 0 bridgehead atoms. The number of nitriles is 1. The van der Waals surface area contributed by atoms with Gasteiger partial charge in [0.05, 0.1) is 17.2 Å². The van der Waals surface area contributed by atoms with E-state index in [0.717, 1.165) is 18.4 Å². The number of ether oxygens (including phenoxy) is 3. The van der Waals surface area contributed by atoms with Gasteiger partial charge in [-0.1, -0.05) is 6.92 Å². The van der Waals surface area contributed by atoms with E-state index in [2.05, 4.69) is 0 Å². The summed E-state index contributed by atoms with van der Waals surface area (Å²) in [5.74, 6) is -3.31. The van der Waals surface area contributed by atoms with E-state index < -0.39 is 60.5 Å². The van der Waals surface area contributed by atoms with E-state index >= 15 is 0 Å². The molecule has 11 heteroatoms. The van der Waals surface area contributed by atoms with Gasteiger partial charge in [-0.15, -0.1) is 0 Å². The van der Waals surface area contributed by atoms with E-state index in [1.54, 1.807) is 6.92 Å². The van der Waals surface area contributed by atoms with Crippen molar-refractivity contribution in [2.24, 2.45) is 0 Å². The molecule has 11 nitrogen and oxygen atoms in total. The molecule has 0 unspecified atom stereocenters. The highest BCUT2D eigenvalue weighted by molar-refractivity contribution is 5.91. The number of nitrogens with zero attached hydrogens (tertiary/aromatic N) is 1. The van der Waals surface area contributed by atoms with Crippen molar-refractivity contribution in [1.82, 2.24) is 0 Å². The van der Waals surface area contributed by atoms with Gasteiger partial charge >= 0.3 is 5.97 Å². The van der Waals surface area contributed by atoms with E-state index in [4.69, 9.17) is 19.5 Å². The third kappa shape index (κ3) is 5.07. The smallest absolute Gasteiger partial charge is 0.338 e. The minimum absolute atomic E-state index is 0.247. The zero-order valence-electron chi connectivity index (χ0n) is 15.3. The zero-order chi connectivity index (χ0) is 21.7. The number of carbonyl (C=O) groups is 1. The Morgan fingerprint density at radius 2 is 1.79 bits per heavy atom. The first-order chi connectivity index (χ1) is 13.7. The molecule has 1 aromatic rings. The van der Waals surface area contributed by atoms with Crippen LogP contribution in [0.25, 0.3) is 0 Å². The van der Waals surface area contributed by atoms with Gasteiger partial charge in [0, 0.05) is 0 Å². The minimum atomic E-state index is -1.68. The van der Waals surface area contributed by atoms with Crippen LogP contribution in [0, 0.1) is 11.3 Å². The molecule has 0 aromatic heterocycles. The molecule has 0 saturated carbocycles. The largest absolute Gasteiger partial charge is 0.504 e. The lowest BCUT2D eigenvalue weighted by Crippen LogP contribution is -2.59. The van der Waals surface area contributed by atoms with E-state index in [1.165, 1.54) is 0 Å². The van der Waals surface area contributed by atoms with Crippen molar-refractivity contribution in [3.63, 3.8) is 0 Å². The summed E-state index contributed by atoms with van der Waals surface area (Å²) < 4.78 is 15.4. The van der Waals surface area contributed by atoms with Crippen LogP contribution in [-0.4, -0.2) is 73.9 Å². The van der Waals surface area contributed by atoms with Gasteiger partial charge in [0.2, 0.25) is 6.29 Å². The van der Waals surface area contributed by atoms with Crippen molar-refractivity contribution in [1.29, 1.82) is 5.26 Å². The van der Waals surface area contributed by atoms with Gasteiger partial charge in [-0.3, -0.25) is 0 Å². The van der Waals surface area contributed by atoms with Gasteiger partial charge in [0.1, 0.15) is 37.3 Å². The summed E-state index contributed by atoms with van der Waals surface area (Å²) >= 11 is 0. The third-order valence-electron chi connectivity index (χ3n) is 4.22. The van der Waals surface area contributed by atoms with Gasteiger partial charge in [-0.25, -0.2) is 4.79 Å². The SMILES string of the molecule is CC/C(C#N)=C\O[C@@H]1O[C@H](COC(=O)c2cc(O)c(O)c(O)c2)[C@@H](O)[C@H](O)[C@H]1O. The Labute approximate surface area is 165 Å². The average Bonchev–Trinajstić information content (AvgIpc) is 2.70. The molecule has 1 heterocycles. The maximum Gasteiger partial charge on any atom is 0.338 e. The van der Waals surface area contributed by atoms with Crippen LogP contribution in [-0.2, 0) is 14.2 Å². The molecule has 2 rings (SSSR count). The standard InChI is InChI=1S/C18H21NO10/c1-2-8(5-19)6-28-18-16(25)15(24)14(23)12(29-18)7-27-17(26)9-3-10(20)13(22)11(21)4-9/h3-4,6,12,14-16,18,20-25H,2,7H2,1H3/b8-6+/t12-,14-,15+,16-,18-/m1/s1. The molecular formula is C18H21NO10. The van der Waals surface area contributed by atoms with Crippen LogP contribution < -0.4 is 0 Å². The number of aromatic hydroxyl groups is 3. The van der Waals surface area contributed by atoms with Crippen LogP contribution in [0.3, 0.4) is 0 Å². The number of aliphatic hydroxyl groups is 3. The molecule has 0 radical (unpaired) electrons. The van der Waals surface area contributed by atoms with Crippen LogP contribution in [0.5, 0.6) is 17.2 Å². The van der Waals surface area contributed by atoms with E-state index in [1.807, 2.05) is 6.07 Å². The van der Waals surface area contributed by atoms with E-state index in [9.17, 15) is 35.4 Å². The Bertz CT molecular complexity index is 794. The molecule has 1 fully saturated rings. The van der Waals surface area contributed by atoms with Gasteiger partial charge in [-0.2, -0.15) is 5.26 Å². The summed E-state index contributed by atoms with van der Waals surface area (Å²) in [4.78, 5) is 12.1. The maximum absolute atomic E-state index is 12.1. The Kier molecular flexibility index (Phi) is 7.24. The highest BCUT2D eigenvalue weighted by Crippen LogP contribution is 2.35. The highest BCUT2D eigenvalue weighted by Gasteiger charge is 2.45. The summed E-state index contributed by atoms with van der Waals surface area (Å²) in [6, 6.07) is 3.59. The fourth-order valence-electron chi connectivity index (χ4n) is 2.47. The summed E-state index contributed by atoms with van der Waals surface area (Å²) in [5.41, 5.74) is -0.0441. The van der Waals surface area contributed by atoms with Gasteiger partial charge in [-0.05, 0) is 18.6 Å². The first-order valence-electron chi connectivity index (χ1n) is 8.55. The lowest BCUT2D eigenvalue weighted by atomic mass is 9.99. The molecule has 0 aliphatic carbocycles. The Balaban J connectivity index is 2.06. The molecule has 1 aromatic carbocycles. The molecule has 158 valence electrons. The highest BCUT2D eigenvalue weighted by atomic mass is 16.7. The predicted octanol–water partition coefficient (Wildman–Crippen LogP) is -0.398. The molecular weight excluding hydrogens is 390 g/mol. The van der Waals surface area contributed by atoms with Crippen LogP contribution in [0.4, 0.5) is 0 Å². The predicted molar refractivity (Wildman–Crippen MR) is 93.5 cm³/mol. The number of esters is 1. The van der Waals surface area contributed by atoms with Crippen molar-refractivity contribution >= 4 is 5.97 Å². The Hall–Kier alpha value is -3.04. The van der Waals surface area contributed by atoms with Gasteiger partial charge < -0.3 is 44.8 Å². The molecule has 0 amide bonds. The molecule has 5 atom stereocenters. The second-order valence-corrected chi connectivity index (χ2v) is 6.22. The molecule has 29 heavy (non-hydrogen) atoms. The Morgan fingerprint density at radius 1 is 1.17 bits per heavy atom. The monoisotopic (exact) mass is 411 g/mol. The summed E-state index contributed by atoms with van der Waals surface area (Å²) in [7, 11) is 0. The van der Waals surface area contributed by atoms with E-state index in [-0.39, 0.29) is 11.1 Å². The molecule has 0 spiro atoms.